The molecule has 10 nitrogen and oxygen atoms in total. The summed E-state index contributed by atoms with van der Waals surface area (Å²) in [6, 6.07) is 8.82. The van der Waals surface area contributed by atoms with Crippen LogP contribution in [-0.4, -0.2) is 69.7 Å². The Labute approximate surface area is 221 Å². The second kappa shape index (κ2) is 10.5. The minimum Gasteiger partial charge on any atom is -0.495 e. The van der Waals surface area contributed by atoms with Crippen LogP contribution in [0.15, 0.2) is 53.3 Å². The molecule has 2 fully saturated rings. The molecule has 3 aromatic rings. The van der Waals surface area contributed by atoms with Crippen LogP contribution in [0, 0.1) is 5.82 Å². The molecular weight excluding hydrogens is 548 g/mol. The fourth-order valence-electron chi connectivity index (χ4n) is 4.86. The lowest BCUT2D eigenvalue weighted by atomic mass is 9.97. The Balaban J connectivity index is 1.38. The van der Waals surface area contributed by atoms with Crippen molar-refractivity contribution in [1.82, 2.24) is 9.46 Å². The van der Waals surface area contributed by atoms with Crippen LogP contribution in [0.4, 0.5) is 29.1 Å². The number of piperidine rings is 1. The van der Waals surface area contributed by atoms with Crippen molar-refractivity contribution in [3.8, 4) is 22.6 Å². The number of hydrogen-bond acceptors (Lipinski definition) is 8. The number of halogens is 4. The first-order valence-corrected chi connectivity index (χ1v) is 13.3. The Morgan fingerprint density at radius 1 is 1.15 bits per heavy atom. The van der Waals surface area contributed by atoms with Gasteiger partial charge in [0.1, 0.15) is 23.6 Å². The number of rotatable bonds is 7. The van der Waals surface area contributed by atoms with Gasteiger partial charge in [-0.3, -0.25) is 4.72 Å². The van der Waals surface area contributed by atoms with Gasteiger partial charge in [0.2, 0.25) is 0 Å². The van der Waals surface area contributed by atoms with E-state index in [4.69, 9.17) is 9.47 Å². The van der Waals surface area contributed by atoms with E-state index < -0.39 is 34.2 Å². The fraction of sp³-hybridized carbons (Fsp3) is 0.375. The molecule has 0 bridgehead atoms. The quantitative estimate of drug-likeness (QED) is 0.424. The number of alkyl halides is 3. The number of ether oxygens (including phenoxy) is 3. The van der Waals surface area contributed by atoms with Gasteiger partial charge in [-0.15, -0.1) is 13.2 Å². The second-order valence-electron chi connectivity index (χ2n) is 8.89. The lowest BCUT2D eigenvalue weighted by Gasteiger charge is -2.47. The first kappa shape index (κ1) is 27.0. The van der Waals surface area contributed by atoms with Crippen molar-refractivity contribution >= 4 is 21.7 Å². The molecule has 3 heterocycles. The molecule has 0 unspecified atom stereocenters. The highest BCUT2D eigenvalue weighted by atomic mass is 32.2. The highest BCUT2D eigenvalue weighted by molar-refractivity contribution is 7.90. The van der Waals surface area contributed by atoms with Crippen molar-refractivity contribution in [2.45, 2.75) is 24.9 Å². The van der Waals surface area contributed by atoms with Crippen molar-refractivity contribution in [3.63, 3.8) is 0 Å². The maximum atomic E-state index is 15.4. The molecular formula is C24H24F4N4O6S. The molecule has 0 aliphatic carbocycles. The zero-order valence-corrected chi connectivity index (χ0v) is 21.3. The van der Waals surface area contributed by atoms with Crippen LogP contribution in [-0.2, 0) is 14.9 Å². The monoisotopic (exact) mass is 572 g/mol. The van der Waals surface area contributed by atoms with Crippen LogP contribution in [0.3, 0.4) is 0 Å². The van der Waals surface area contributed by atoms with Gasteiger partial charge in [0.15, 0.2) is 5.82 Å². The van der Waals surface area contributed by atoms with Crippen molar-refractivity contribution in [1.29, 1.82) is 0 Å². The Morgan fingerprint density at radius 3 is 2.69 bits per heavy atom. The third-order valence-corrected chi connectivity index (χ3v) is 8.00. The molecule has 2 aromatic carbocycles. The summed E-state index contributed by atoms with van der Waals surface area (Å²) in [5, 5.41) is 3.57. The van der Waals surface area contributed by atoms with Gasteiger partial charge in [-0.2, -0.15) is 12.7 Å². The number of methoxy groups -OCH3 is 1. The molecule has 2 atom stereocenters. The summed E-state index contributed by atoms with van der Waals surface area (Å²) in [5.74, 6) is -0.788. The van der Waals surface area contributed by atoms with Gasteiger partial charge < -0.3 is 23.6 Å². The van der Waals surface area contributed by atoms with Crippen molar-refractivity contribution in [3.05, 3.63) is 54.5 Å². The predicted molar refractivity (Wildman–Crippen MR) is 131 cm³/mol. The van der Waals surface area contributed by atoms with Crippen molar-refractivity contribution in [2.75, 3.05) is 43.0 Å². The second-order valence-corrected chi connectivity index (χ2v) is 10.6. The van der Waals surface area contributed by atoms with Crippen LogP contribution in [0.5, 0.6) is 11.5 Å². The highest BCUT2D eigenvalue weighted by Gasteiger charge is 2.41. The molecule has 1 aromatic heterocycles. The predicted octanol–water partition coefficient (Wildman–Crippen LogP) is 4.02. The summed E-state index contributed by atoms with van der Waals surface area (Å²) < 4.78 is 103. The summed E-state index contributed by atoms with van der Waals surface area (Å²) in [4.78, 5) is 1.91. The van der Waals surface area contributed by atoms with Crippen LogP contribution >= 0.6 is 0 Å². The smallest absolute Gasteiger partial charge is 0.495 e. The number of morpholine rings is 1. The number of aromatic nitrogens is 1. The molecule has 15 heteroatoms. The summed E-state index contributed by atoms with van der Waals surface area (Å²) in [5.41, 5.74) is 0.640. The third-order valence-electron chi connectivity index (χ3n) is 6.52. The Morgan fingerprint density at radius 2 is 1.97 bits per heavy atom. The maximum Gasteiger partial charge on any atom is 0.573 e. The van der Waals surface area contributed by atoms with E-state index in [1.165, 1.54) is 48.0 Å². The van der Waals surface area contributed by atoms with Crippen molar-refractivity contribution < 1.29 is 44.7 Å². The lowest BCUT2D eigenvalue weighted by molar-refractivity contribution is -0.274. The molecule has 2 aliphatic heterocycles. The van der Waals surface area contributed by atoms with Gasteiger partial charge in [-0.1, -0.05) is 17.3 Å². The summed E-state index contributed by atoms with van der Waals surface area (Å²) in [7, 11) is -2.50. The Bertz CT molecular complexity index is 1420. The Hall–Kier alpha value is -3.56. The number of hydrogen-bond donors (Lipinski definition) is 1. The van der Waals surface area contributed by atoms with E-state index >= 15 is 4.39 Å². The molecule has 5 rings (SSSR count). The van der Waals surface area contributed by atoms with Crippen LogP contribution in [0.1, 0.15) is 6.42 Å². The molecule has 2 aliphatic rings. The van der Waals surface area contributed by atoms with E-state index in [0.717, 1.165) is 12.1 Å². The van der Waals surface area contributed by atoms with E-state index in [9.17, 15) is 21.6 Å². The first-order chi connectivity index (χ1) is 18.5. The standard InChI is InChI=1S/C24H24F4N4O6S/c1-35-21-12-17(15-3-2-4-16(11-15)38-24(26,27)28)18(25)13-20(21)32-8-10-36-22-14-31(7-5-19(22)32)39(33,34)30-23-6-9-37-29-23/h2-4,6,9,11-13,19,22H,5,7-8,10,14H2,1H3,(H,29,30)/t19-,22-/m1/s1. The molecule has 39 heavy (non-hydrogen) atoms. The molecule has 1 N–H and O–H groups in total. The van der Waals surface area contributed by atoms with Crippen LogP contribution < -0.4 is 19.1 Å². The van der Waals surface area contributed by atoms with E-state index in [1.54, 1.807) is 0 Å². The largest absolute Gasteiger partial charge is 0.573 e. The molecule has 0 spiro atoms. The average molecular weight is 573 g/mol. The van der Waals surface area contributed by atoms with Gasteiger partial charge in [0, 0.05) is 37.3 Å². The zero-order chi connectivity index (χ0) is 27.8. The average Bonchev–Trinajstić information content (AvgIpc) is 3.39. The van der Waals surface area contributed by atoms with Crippen LogP contribution in [0.25, 0.3) is 11.1 Å². The van der Waals surface area contributed by atoms with Gasteiger partial charge in [0.05, 0.1) is 31.5 Å². The highest BCUT2D eigenvalue weighted by Crippen LogP contribution is 2.40. The maximum absolute atomic E-state index is 15.4. The number of fused-ring (bicyclic) bond motifs is 1. The number of anilines is 2. The van der Waals surface area contributed by atoms with Gasteiger partial charge >= 0.3 is 16.6 Å². The number of nitrogens with one attached hydrogen (secondary N) is 1. The third kappa shape index (κ3) is 5.89. The van der Waals surface area contributed by atoms with E-state index in [0.29, 0.717) is 24.4 Å². The molecule has 2 saturated heterocycles. The lowest BCUT2D eigenvalue weighted by Crippen LogP contribution is -2.60. The topological polar surface area (TPSA) is 106 Å². The first-order valence-electron chi connectivity index (χ1n) is 11.8. The number of nitrogens with zero attached hydrogens (tertiary/aromatic N) is 3. The SMILES string of the molecule is COc1cc(-c2cccc(OC(F)(F)F)c2)c(F)cc1N1CCO[C@@H]2CN(S(=O)(=O)Nc3ccon3)CC[C@H]21. The van der Waals surface area contributed by atoms with E-state index in [2.05, 4.69) is 19.1 Å². The minimum absolute atomic E-state index is 0.0351. The van der Waals surface area contributed by atoms with Crippen LogP contribution in [0.2, 0.25) is 0 Å². The van der Waals surface area contributed by atoms with Gasteiger partial charge in [-0.05, 0) is 30.2 Å². The molecule has 0 amide bonds. The van der Waals surface area contributed by atoms with Gasteiger partial charge in [0.25, 0.3) is 0 Å². The minimum atomic E-state index is -4.88. The zero-order valence-electron chi connectivity index (χ0n) is 20.5. The van der Waals surface area contributed by atoms with Crippen molar-refractivity contribution in [2.24, 2.45) is 0 Å². The molecule has 0 saturated carbocycles. The fourth-order valence-corrected chi connectivity index (χ4v) is 6.04. The normalized spacial score (nSPS) is 20.4. The van der Waals surface area contributed by atoms with E-state index in [-0.39, 0.29) is 42.7 Å². The number of benzene rings is 2. The summed E-state index contributed by atoms with van der Waals surface area (Å²) in [6.45, 7) is 0.886. The van der Waals surface area contributed by atoms with E-state index in [1.807, 2.05) is 4.90 Å². The van der Waals surface area contributed by atoms with Gasteiger partial charge in [-0.25, -0.2) is 4.39 Å². The summed E-state index contributed by atoms with van der Waals surface area (Å²) >= 11 is 0. The molecule has 0 radical (unpaired) electrons. The molecule has 210 valence electrons. The summed E-state index contributed by atoms with van der Waals surface area (Å²) in [6.07, 6.45) is -3.76. The Kier molecular flexibility index (Phi) is 7.31.